The molecule has 2 heterocycles. The Bertz CT molecular complexity index is 916. The number of hydrogen-bond donors (Lipinski definition) is 2. The number of nitrogens with zero attached hydrogens (tertiary/aromatic N) is 2. The van der Waals surface area contributed by atoms with Gasteiger partial charge in [-0.3, -0.25) is 15.0 Å². The lowest BCUT2D eigenvalue weighted by Gasteiger charge is -2.21. The Balaban J connectivity index is 1.47. The molecule has 1 unspecified atom stereocenters. The Kier molecular flexibility index (Phi) is 3.94. The van der Waals surface area contributed by atoms with Crippen molar-refractivity contribution in [3.63, 3.8) is 0 Å². The highest BCUT2D eigenvalue weighted by molar-refractivity contribution is 6.07. The summed E-state index contributed by atoms with van der Waals surface area (Å²) < 4.78 is 0. The van der Waals surface area contributed by atoms with E-state index in [1.807, 2.05) is 48.5 Å². The third-order valence-corrected chi connectivity index (χ3v) is 5.08. The van der Waals surface area contributed by atoms with Crippen LogP contribution in [0.4, 0.5) is 4.79 Å². The zero-order chi connectivity index (χ0) is 18.1. The number of benzene rings is 2. The van der Waals surface area contributed by atoms with Crippen molar-refractivity contribution in [2.45, 2.75) is 18.5 Å². The molecule has 0 aromatic heterocycles. The van der Waals surface area contributed by atoms with Crippen molar-refractivity contribution in [3.05, 3.63) is 59.7 Å². The number of hydrogen-bond acceptors (Lipinski definition) is 4. The number of nitriles is 1. The first-order valence-electron chi connectivity index (χ1n) is 8.54. The molecule has 3 amide bonds. The number of carbonyl (C=O) groups is 2. The Labute approximate surface area is 151 Å². The lowest BCUT2D eigenvalue weighted by Crippen LogP contribution is -2.48. The van der Waals surface area contributed by atoms with Crippen LogP contribution >= 0.6 is 0 Å². The lowest BCUT2D eigenvalue weighted by molar-refractivity contribution is -0.123. The Morgan fingerprint density at radius 1 is 1.12 bits per heavy atom. The third-order valence-electron chi connectivity index (χ3n) is 5.08. The predicted molar refractivity (Wildman–Crippen MR) is 95.9 cm³/mol. The van der Waals surface area contributed by atoms with Crippen LogP contribution in [0, 0.1) is 11.3 Å². The summed E-state index contributed by atoms with van der Waals surface area (Å²) in [6.07, 6.45) is 0.623. The Hall–Kier alpha value is -3.17. The first kappa shape index (κ1) is 16.3. The van der Waals surface area contributed by atoms with Gasteiger partial charge >= 0.3 is 6.03 Å². The molecular formula is C20H18N4O2. The second-order valence-electron chi connectivity index (χ2n) is 6.81. The van der Waals surface area contributed by atoms with Crippen LogP contribution in [0.25, 0.3) is 11.1 Å². The molecule has 1 atom stereocenters. The molecule has 2 aliphatic heterocycles. The summed E-state index contributed by atoms with van der Waals surface area (Å²) >= 11 is 0. The van der Waals surface area contributed by atoms with Crippen molar-refractivity contribution in [1.29, 1.82) is 5.26 Å². The maximum Gasteiger partial charge on any atom is 0.322 e. The highest BCUT2D eigenvalue weighted by Gasteiger charge is 2.50. The number of urea groups is 1. The van der Waals surface area contributed by atoms with Crippen molar-refractivity contribution in [1.82, 2.24) is 15.5 Å². The van der Waals surface area contributed by atoms with Gasteiger partial charge in [0.15, 0.2) is 0 Å². The minimum Gasteiger partial charge on any atom is -0.322 e. The van der Waals surface area contributed by atoms with E-state index >= 15 is 0 Å². The quantitative estimate of drug-likeness (QED) is 0.833. The molecule has 0 saturated carbocycles. The highest BCUT2D eigenvalue weighted by Crippen LogP contribution is 2.27. The smallest absolute Gasteiger partial charge is 0.322 e. The van der Waals surface area contributed by atoms with Crippen molar-refractivity contribution in [2.24, 2.45) is 0 Å². The highest BCUT2D eigenvalue weighted by atomic mass is 16.2. The zero-order valence-electron chi connectivity index (χ0n) is 14.2. The zero-order valence-corrected chi connectivity index (χ0v) is 14.2. The molecule has 26 heavy (non-hydrogen) atoms. The molecule has 2 aromatic carbocycles. The van der Waals surface area contributed by atoms with Gasteiger partial charge in [-0.05, 0) is 29.2 Å². The van der Waals surface area contributed by atoms with Gasteiger partial charge in [-0.1, -0.05) is 42.5 Å². The fraction of sp³-hybridized carbons (Fsp3) is 0.250. The van der Waals surface area contributed by atoms with Crippen LogP contribution in [0.1, 0.15) is 17.5 Å². The van der Waals surface area contributed by atoms with Crippen LogP contribution < -0.4 is 10.6 Å². The maximum absolute atomic E-state index is 12.0. The van der Waals surface area contributed by atoms with Crippen LogP contribution in [0.2, 0.25) is 0 Å². The van der Waals surface area contributed by atoms with Crippen LogP contribution in [0.15, 0.2) is 48.5 Å². The lowest BCUT2D eigenvalue weighted by atomic mass is 9.99. The van der Waals surface area contributed by atoms with E-state index in [0.717, 1.165) is 23.2 Å². The summed E-state index contributed by atoms with van der Waals surface area (Å²) in [7, 11) is 0. The van der Waals surface area contributed by atoms with Gasteiger partial charge in [0.1, 0.15) is 5.54 Å². The monoisotopic (exact) mass is 346 g/mol. The topological polar surface area (TPSA) is 85.2 Å². The van der Waals surface area contributed by atoms with Gasteiger partial charge in [0.2, 0.25) is 0 Å². The first-order chi connectivity index (χ1) is 12.6. The van der Waals surface area contributed by atoms with Crippen molar-refractivity contribution >= 4 is 11.9 Å². The van der Waals surface area contributed by atoms with E-state index in [9.17, 15) is 14.9 Å². The number of rotatable bonds is 3. The van der Waals surface area contributed by atoms with Crippen LogP contribution in [0.5, 0.6) is 0 Å². The summed E-state index contributed by atoms with van der Waals surface area (Å²) in [5.41, 5.74) is 2.94. The van der Waals surface area contributed by atoms with Gasteiger partial charge in [0.25, 0.3) is 5.91 Å². The SMILES string of the molecule is N#Cc1ccccc1-c1ccc(CN2CCC3(C2)NC(=O)NC3=O)cc1. The predicted octanol–water partition coefficient (Wildman–Crippen LogP) is 2.01. The molecule has 2 N–H and O–H groups in total. The van der Waals surface area contributed by atoms with E-state index in [0.29, 0.717) is 25.1 Å². The molecule has 1 spiro atoms. The van der Waals surface area contributed by atoms with E-state index < -0.39 is 11.6 Å². The molecule has 2 fully saturated rings. The fourth-order valence-corrected chi connectivity index (χ4v) is 3.72. The number of nitrogens with one attached hydrogen (secondary N) is 2. The summed E-state index contributed by atoms with van der Waals surface area (Å²) in [5.74, 6) is -0.228. The Morgan fingerprint density at radius 3 is 2.58 bits per heavy atom. The van der Waals surface area contributed by atoms with Gasteiger partial charge in [-0.15, -0.1) is 0 Å². The van der Waals surface area contributed by atoms with Crippen molar-refractivity contribution in [2.75, 3.05) is 13.1 Å². The van der Waals surface area contributed by atoms with Gasteiger partial charge < -0.3 is 5.32 Å². The molecule has 130 valence electrons. The number of amides is 3. The largest absolute Gasteiger partial charge is 0.322 e. The average molecular weight is 346 g/mol. The molecule has 4 rings (SSSR count). The average Bonchev–Trinajstić information content (AvgIpc) is 3.18. The minimum absolute atomic E-state index is 0.228. The minimum atomic E-state index is -0.775. The van der Waals surface area contributed by atoms with Crippen molar-refractivity contribution < 1.29 is 9.59 Å². The molecule has 6 heteroatoms. The number of carbonyl (C=O) groups excluding carboxylic acids is 2. The molecule has 0 bridgehead atoms. The van der Waals surface area contributed by atoms with Crippen LogP contribution in [-0.4, -0.2) is 35.5 Å². The van der Waals surface area contributed by atoms with Gasteiger partial charge in [-0.25, -0.2) is 4.79 Å². The summed E-state index contributed by atoms with van der Waals surface area (Å²) in [6.45, 7) is 1.99. The van der Waals surface area contributed by atoms with Gasteiger partial charge in [0.05, 0.1) is 11.6 Å². The third kappa shape index (κ3) is 2.83. The molecule has 0 radical (unpaired) electrons. The molecule has 2 aliphatic rings. The summed E-state index contributed by atoms with van der Waals surface area (Å²) in [4.78, 5) is 25.6. The van der Waals surface area contributed by atoms with E-state index in [-0.39, 0.29) is 5.91 Å². The van der Waals surface area contributed by atoms with E-state index in [2.05, 4.69) is 21.6 Å². The number of likely N-dealkylation sites (tertiary alicyclic amines) is 1. The van der Waals surface area contributed by atoms with E-state index in [1.165, 1.54) is 0 Å². The second-order valence-corrected chi connectivity index (χ2v) is 6.81. The molecular weight excluding hydrogens is 328 g/mol. The Morgan fingerprint density at radius 2 is 1.88 bits per heavy atom. The van der Waals surface area contributed by atoms with Gasteiger partial charge in [0, 0.05) is 19.6 Å². The molecule has 6 nitrogen and oxygen atoms in total. The van der Waals surface area contributed by atoms with Crippen LogP contribution in [-0.2, 0) is 11.3 Å². The molecule has 0 aliphatic carbocycles. The first-order valence-corrected chi connectivity index (χ1v) is 8.54. The van der Waals surface area contributed by atoms with Crippen molar-refractivity contribution in [3.8, 4) is 17.2 Å². The van der Waals surface area contributed by atoms with E-state index in [1.54, 1.807) is 0 Å². The second kappa shape index (κ2) is 6.28. The van der Waals surface area contributed by atoms with E-state index in [4.69, 9.17) is 0 Å². The maximum atomic E-state index is 12.0. The summed E-state index contributed by atoms with van der Waals surface area (Å²) in [5, 5.41) is 14.3. The normalized spacial score (nSPS) is 22.3. The fourth-order valence-electron chi connectivity index (χ4n) is 3.72. The number of imide groups is 1. The standard InChI is InChI=1S/C20H18N4O2/c21-11-16-3-1-2-4-17(16)15-7-5-14(6-8-15)12-24-10-9-20(13-24)18(25)22-19(26)23-20/h1-8H,9-10,12-13H2,(H2,22,23,25,26). The molecule has 2 saturated heterocycles. The van der Waals surface area contributed by atoms with Crippen LogP contribution in [0.3, 0.4) is 0 Å². The summed E-state index contributed by atoms with van der Waals surface area (Å²) in [6, 6.07) is 17.5. The molecule has 2 aromatic rings. The van der Waals surface area contributed by atoms with Gasteiger partial charge in [-0.2, -0.15) is 5.26 Å².